The number of hydrogen-bond acceptors (Lipinski definition) is 6. The zero-order valence-electron chi connectivity index (χ0n) is 14.3. The lowest BCUT2D eigenvalue weighted by Gasteiger charge is -2.15. The first-order valence-electron chi connectivity index (χ1n) is 8.15. The molecule has 2 aliphatic rings. The highest BCUT2D eigenvalue weighted by Crippen LogP contribution is 2.23. The molecule has 2 aromatic carbocycles. The summed E-state index contributed by atoms with van der Waals surface area (Å²) in [4.78, 5) is 8.61. The van der Waals surface area contributed by atoms with Gasteiger partial charge >= 0.3 is 0 Å². The van der Waals surface area contributed by atoms with Gasteiger partial charge in [0.2, 0.25) is 0 Å². The molecule has 0 spiro atoms. The first-order chi connectivity index (χ1) is 13.3. The number of fused-ring (bicyclic) bond motifs is 1. The molecule has 0 aliphatic carbocycles. The molecule has 0 saturated heterocycles. The zero-order chi connectivity index (χ0) is 19.9. The summed E-state index contributed by atoms with van der Waals surface area (Å²) in [7, 11) is -3.83. The zero-order valence-corrected chi connectivity index (χ0v) is 15.8. The number of rotatable bonds is 3. The molecule has 28 heavy (non-hydrogen) atoms. The second-order valence-corrected chi connectivity index (χ2v) is 8.50. The van der Waals surface area contributed by atoms with Crippen molar-refractivity contribution in [1.29, 1.82) is 0 Å². The van der Waals surface area contributed by atoms with Crippen LogP contribution in [0.25, 0.3) is 0 Å². The average Bonchev–Trinajstić information content (AvgIpc) is 3.09. The van der Waals surface area contributed by atoms with Gasteiger partial charge in [-0.05, 0) is 36.4 Å². The highest BCUT2D eigenvalue weighted by molar-refractivity contribution is 7.90. The Balaban J connectivity index is 1.73. The molecule has 142 valence electrons. The van der Waals surface area contributed by atoms with Crippen LogP contribution in [0, 0.1) is 5.82 Å². The van der Waals surface area contributed by atoms with Gasteiger partial charge in [0.05, 0.1) is 26.4 Å². The van der Waals surface area contributed by atoms with E-state index in [0.29, 0.717) is 16.4 Å². The van der Waals surface area contributed by atoms with Gasteiger partial charge in [-0.1, -0.05) is 29.8 Å². The van der Waals surface area contributed by atoms with Crippen molar-refractivity contribution in [3.8, 4) is 0 Å². The van der Waals surface area contributed by atoms with E-state index in [9.17, 15) is 18.0 Å². The third-order valence-corrected chi connectivity index (χ3v) is 6.16. The van der Waals surface area contributed by atoms with Crippen molar-refractivity contribution in [2.45, 2.75) is 10.6 Å². The highest BCUT2D eigenvalue weighted by Gasteiger charge is 2.20. The molecule has 6 nitrogen and oxygen atoms in total. The molecule has 9 heteroatoms. The highest BCUT2D eigenvalue weighted by atomic mass is 35.5. The number of allylic oxidation sites excluding steroid dienone is 3. The van der Waals surface area contributed by atoms with Gasteiger partial charge in [0, 0.05) is 11.8 Å². The third kappa shape index (κ3) is 3.37. The number of nitrogens with zero attached hydrogens (tertiary/aromatic N) is 3. The summed E-state index contributed by atoms with van der Waals surface area (Å²) in [5.74, 6) is -1.02. The van der Waals surface area contributed by atoms with Crippen molar-refractivity contribution in [2.75, 3.05) is 0 Å². The molecular formula is C19H13ClFN3O3S. The van der Waals surface area contributed by atoms with E-state index in [1.54, 1.807) is 18.2 Å². The van der Waals surface area contributed by atoms with Crippen LogP contribution < -0.4 is 10.7 Å². The molecule has 0 aromatic heterocycles. The number of benzene rings is 2. The van der Waals surface area contributed by atoms with Crippen molar-refractivity contribution >= 4 is 21.4 Å². The fourth-order valence-electron chi connectivity index (χ4n) is 2.81. The van der Waals surface area contributed by atoms with E-state index in [-0.39, 0.29) is 21.3 Å². The summed E-state index contributed by atoms with van der Waals surface area (Å²) >= 11 is 5.73. The van der Waals surface area contributed by atoms with Crippen LogP contribution in [0.5, 0.6) is 0 Å². The number of hydrogen-bond donors (Lipinski definition) is 1. The van der Waals surface area contributed by atoms with Crippen LogP contribution in [0.4, 0.5) is 4.39 Å². The summed E-state index contributed by atoms with van der Waals surface area (Å²) in [5.41, 5.74) is 0.358. The van der Waals surface area contributed by atoms with Crippen molar-refractivity contribution in [3.05, 3.63) is 99.5 Å². The van der Waals surface area contributed by atoms with Crippen LogP contribution in [-0.4, -0.2) is 18.7 Å². The molecule has 0 atom stereocenters. The third-order valence-electron chi connectivity index (χ3n) is 4.20. The van der Waals surface area contributed by atoms with Gasteiger partial charge < -0.3 is 0 Å². The molecular weight excluding hydrogens is 405 g/mol. The van der Waals surface area contributed by atoms with Gasteiger partial charge in [0.15, 0.2) is 15.7 Å². The molecule has 0 saturated carbocycles. The SMILES string of the molecule is O=S(=O)(Cc1cccc(Cl)c1F)c1ccc2c(c1)=N/C(=C1/C=CC=CN1O)N=2. The van der Waals surface area contributed by atoms with Crippen LogP contribution in [0.15, 0.2) is 87.2 Å². The van der Waals surface area contributed by atoms with E-state index in [2.05, 4.69) is 9.98 Å². The maximum Gasteiger partial charge on any atom is 0.182 e. The van der Waals surface area contributed by atoms with Crippen molar-refractivity contribution in [3.63, 3.8) is 0 Å². The fraction of sp³-hybridized carbons (Fsp3) is 0.0526. The second kappa shape index (κ2) is 6.97. The van der Waals surface area contributed by atoms with Gasteiger partial charge in [-0.15, -0.1) is 0 Å². The summed E-state index contributed by atoms with van der Waals surface area (Å²) in [6.45, 7) is 0. The predicted molar refractivity (Wildman–Crippen MR) is 100.0 cm³/mol. The molecule has 1 N–H and O–H groups in total. The smallest absolute Gasteiger partial charge is 0.182 e. The summed E-state index contributed by atoms with van der Waals surface area (Å²) < 4.78 is 39.6. The topological polar surface area (TPSA) is 82.3 Å². The molecule has 0 radical (unpaired) electrons. The maximum atomic E-state index is 14.1. The van der Waals surface area contributed by atoms with Gasteiger partial charge in [-0.2, -0.15) is 0 Å². The number of hydroxylamine groups is 2. The van der Waals surface area contributed by atoms with E-state index in [0.717, 1.165) is 5.06 Å². The van der Waals surface area contributed by atoms with Crippen LogP contribution in [-0.2, 0) is 15.6 Å². The molecule has 0 unspecified atom stereocenters. The van der Waals surface area contributed by atoms with E-state index in [1.165, 1.54) is 42.6 Å². The molecule has 0 amide bonds. The van der Waals surface area contributed by atoms with Crippen LogP contribution in [0.1, 0.15) is 5.56 Å². The predicted octanol–water partition coefficient (Wildman–Crippen LogP) is 2.65. The molecule has 0 bridgehead atoms. The Kier molecular flexibility index (Phi) is 4.62. The van der Waals surface area contributed by atoms with Crippen LogP contribution in [0.3, 0.4) is 0 Å². The van der Waals surface area contributed by atoms with Crippen LogP contribution >= 0.6 is 11.6 Å². The Hall–Kier alpha value is -2.81. The molecule has 2 aromatic rings. The standard InChI is InChI=1S/C19H13ClFN3O3S/c20-14-5-3-4-12(18(14)21)11-28(26,27)13-7-8-15-16(10-13)23-19(22-15)17-6-1-2-9-24(17)25/h1-10,25H,11H2/b19-17-. The quantitative estimate of drug-likeness (QED) is 0.832. The maximum absolute atomic E-state index is 14.1. The number of halogens is 2. The van der Waals surface area contributed by atoms with Crippen LogP contribution in [0.2, 0.25) is 5.02 Å². The van der Waals surface area contributed by atoms with Gasteiger partial charge in [0.1, 0.15) is 11.5 Å². The monoisotopic (exact) mass is 417 g/mol. The summed E-state index contributed by atoms with van der Waals surface area (Å²) in [5, 5.41) is 11.5. The fourth-order valence-corrected chi connectivity index (χ4v) is 4.37. The Morgan fingerprint density at radius 3 is 2.68 bits per heavy atom. The van der Waals surface area contributed by atoms with Crippen molar-refractivity contribution < 1.29 is 18.0 Å². The minimum absolute atomic E-state index is 0.00392. The Labute approximate surface area is 164 Å². The van der Waals surface area contributed by atoms with E-state index in [4.69, 9.17) is 11.6 Å². The van der Waals surface area contributed by atoms with E-state index >= 15 is 0 Å². The Bertz CT molecular complexity index is 1300. The van der Waals surface area contributed by atoms with Gasteiger partial charge in [0.25, 0.3) is 0 Å². The average molecular weight is 418 g/mol. The van der Waals surface area contributed by atoms with Gasteiger partial charge in [-0.25, -0.2) is 27.9 Å². The lowest BCUT2D eigenvalue weighted by Crippen LogP contribution is -2.23. The first kappa shape index (κ1) is 18.5. The summed E-state index contributed by atoms with van der Waals surface area (Å²) in [6, 6.07) is 8.55. The number of sulfone groups is 1. The molecule has 4 rings (SSSR count). The Morgan fingerprint density at radius 1 is 1.11 bits per heavy atom. The molecule has 2 heterocycles. The van der Waals surface area contributed by atoms with Crippen molar-refractivity contribution in [1.82, 2.24) is 5.06 Å². The second-order valence-electron chi connectivity index (χ2n) is 6.10. The van der Waals surface area contributed by atoms with Crippen molar-refractivity contribution in [2.24, 2.45) is 9.98 Å². The molecule has 2 aliphatic heterocycles. The van der Waals surface area contributed by atoms with Gasteiger partial charge in [-0.3, -0.25) is 5.21 Å². The van der Waals surface area contributed by atoms with E-state index < -0.39 is 21.4 Å². The Morgan fingerprint density at radius 2 is 1.89 bits per heavy atom. The largest absolute Gasteiger partial charge is 0.284 e. The minimum Gasteiger partial charge on any atom is -0.284 e. The van der Waals surface area contributed by atoms with E-state index in [1.807, 2.05) is 0 Å². The first-order valence-corrected chi connectivity index (χ1v) is 10.2. The lowest BCUT2D eigenvalue weighted by atomic mass is 10.2. The molecule has 0 fully saturated rings. The summed E-state index contributed by atoms with van der Waals surface area (Å²) in [6.07, 6.45) is 6.43. The lowest BCUT2D eigenvalue weighted by molar-refractivity contribution is -0.00154. The minimum atomic E-state index is -3.83. The normalized spacial score (nSPS) is 18.0.